The van der Waals surface area contributed by atoms with Crippen LogP contribution in [0.1, 0.15) is 37.8 Å². The lowest BCUT2D eigenvalue weighted by Gasteiger charge is -2.30. The van der Waals surface area contributed by atoms with E-state index in [0.717, 1.165) is 25.8 Å². The topological polar surface area (TPSA) is 52.6 Å². The van der Waals surface area contributed by atoms with Crippen molar-refractivity contribution in [1.82, 2.24) is 15.1 Å². The number of likely N-dealkylation sites (N-methyl/N-ethyl adjacent to an activating group) is 1. The maximum Gasteiger partial charge on any atom is 0.225 e. The zero-order chi connectivity index (χ0) is 19.6. The summed E-state index contributed by atoms with van der Waals surface area (Å²) in [5, 5.41) is 3.23. The second-order valence-electron chi connectivity index (χ2n) is 9.16. The van der Waals surface area contributed by atoms with E-state index in [1.54, 1.807) is 0 Å². The highest BCUT2D eigenvalue weighted by Gasteiger charge is 2.37. The summed E-state index contributed by atoms with van der Waals surface area (Å²) in [7, 11) is 3.99. The van der Waals surface area contributed by atoms with E-state index in [9.17, 15) is 9.59 Å². The van der Waals surface area contributed by atoms with Crippen LogP contribution >= 0.6 is 0 Å². The predicted molar refractivity (Wildman–Crippen MR) is 107 cm³/mol. The molecule has 1 N–H and O–H groups in total. The molecule has 0 aromatic heterocycles. The van der Waals surface area contributed by atoms with Crippen LogP contribution < -0.4 is 5.32 Å². The number of amides is 2. The second-order valence-corrected chi connectivity index (χ2v) is 9.16. The van der Waals surface area contributed by atoms with Crippen LogP contribution in [0.4, 0.5) is 0 Å². The van der Waals surface area contributed by atoms with Crippen molar-refractivity contribution in [2.24, 2.45) is 11.8 Å². The van der Waals surface area contributed by atoms with E-state index < -0.39 is 0 Å². The zero-order valence-corrected chi connectivity index (χ0v) is 17.1. The van der Waals surface area contributed by atoms with E-state index in [4.69, 9.17) is 0 Å². The maximum absolute atomic E-state index is 12.8. The smallest absolute Gasteiger partial charge is 0.225 e. The summed E-state index contributed by atoms with van der Waals surface area (Å²) in [6.07, 6.45) is 3.48. The highest BCUT2D eigenvalue weighted by atomic mass is 16.2. The summed E-state index contributed by atoms with van der Waals surface area (Å²) in [5.41, 5.74) is 2.63. The standard InChI is InChI=1S/C22H33N3O2/c1-22(2,14-16-11-17-7-5-6-8-18(17)12-16)23-21(27)19-13-20(26)25(15-19)10-9-24(3)4/h5-8,16,19H,9-15H2,1-4H3,(H,23,27)/t19-/m1/s1. The van der Waals surface area contributed by atoms with Crippen LogP contribution in [0.2, 0.25) is 0 Å². The molecule has 0 radical (unpaired) electrons. The molecule has 2 aliphatic rings. The van der Waals surface area contributed by atoms with E-state index in [-0.39, 0.29) is 23.3 Å². The van der Waals surface area contributed by atoms with E-state index in [0.29, 0.717) is 25.4 Å². The fourth-order valence-electron chi connectivity index (χ4n) is 4.49. The number of hydrogen-bond donors (Lipinski definition) is 1. The number of carbonyl (C=O) groups excluding carboxylic acids is 2. The zero-order valence-electron chi connectivity index (χ0n) is 17.1. The molecule has 0 unspecified atom stereocenters. The minimum absolute atomic E-state index is 0.0243. The van der Waals surface area contributed by atoms with Gasteiger partial charge in [0.15, 0.2) is 0 Å². The molecular formula is C22H33N3O2. The lowest BCUT2D eigenvalue weighted by molar-refractivity contribution is -0.129. The summed E-state index contributed by atoms with van der Waals surface area (Å²) in [5.74, 6) is 0.469. The van der Waals surface area contributed by atoms with Crippen LogP contribution in [0.15, 0.2) is 24.3 Å². The molecule has 1 aromatic carbocycles. The molecule has 3 rings (SSSR count). The quantitative estimate of drug-likeness (QED) is 0.799. The van der Waals surface area contributed by atoms with Crippen molar-refractivity contribution in [1.29, 1.82) is 0 Å². The summed E-state index contributed by atoms with van der Waals surface area (Å²) >= 11 is 0. The first-order chi connectivity index (χ1) is 12.7. The first kappa shape index (κ1) is 19.9. The third kappa shape index (κ3) is 5.10. The minimum atomic E-state index is -0.260. The van der Waals surface area contributed by atoms with Gasteiger partial charge in [-0.3, -0.25) is 9.59 Å². The normalized spacial score (nSPS) is 20.4. The van der Waals surface area contributed by atoms with Crippen molar-refractivity contribution in [2.75, 3.05) is 33.7 Å². The molecule has 1 aromatic rings. The molecule has 27 heavy (non-hydrogen) atoms. The van der Waals surface area contributed by atoms with Gasteiger partial charge in [-0.15, -0.1) is 0 Å². The van der Waals surface area contributed by atoms with Gasteiger partial charge >= 0.3 is 0 Å². The van der Waals surface area contributed by atoms with Gasteiger partial charge in [0.25, 0.3) is 0 Å². The van der Waals surface area contributed by atoms with E-state index in [1.807, 2.05) is 19.0 Å². The van der Waals surface area contributed by atoms with Gasteiger partial charge in [0.1, 0.15) is 0 Å². The molecule has 1 saturated heterocycles. The van der Waals surface area contributed by atoms with Gasteiger partial charge < -0.3 is 15.1 Å². The van der Waals surface area contributed by atoms with Crippen LogP contribution in [0, 0.1) is 11.8 Å². The van der Waals surface area contributed by atoms with Crippen molar-refractivity contribution < 1.29 is 9.59 Å². The third-order valence-electron chi connectivity index (χ3n) is 5.80. The lowest BCUT2D eigenvalue weighted by Crippen LogP contribution is -2.47. The average Bonchev–Trinajstić information content (AvgIpc) is 3.14. The SMILES string of the molecule is CN(C)CCN1C[C@H](C(=O)NC(C)(C)CC2Cc3ccccc3C2)CC1=O. The van der Waals surface area contributed by atoms with Crippen LogP contribution in [-0.4, -0.2) is 60.9 Å². The molecule has 5 nitrogen and oxygen atoms in total. The molecule has 0 bridgehead atoms. The predicted octanol–water partition coefficient (Wildman–Crippen LogP) is 2.10. The molecular weight excluding hydrogens is 338 g/mol. The monoisotopic (exact) mass is 371 g/mol. The van der Waals surface area contributed by atoms with Gasteiger partial charge in [-0.1, -0.05) is 24.3 Å². The molecule has 0 saturated carbocycles. The van der Waals surface area contributed by atoms with Gasteiger partial charge in [0.05, 0.1) is 5.92 Å². The summed E-state index contributed by atoms with van der Waals surface area (Å²) in [4.78, 5) is 28.9. The highest BCUT2D eigenvalue weighted by Crippen LogP contribution is 2.32. The summed E-state index contributed by atoms with van der Waals surface area (Å²) < 4.78 is 0. The molecule has 1 aliphatic heterocycles. The lowest BCUT2D eigenvalue weighted by atomic mass is 9.88. The molecule has 5 heteroatoms. The van der Waals surface area contributed by atoms with Crippen molar-refractivity contribution in [3.63, 3.8) is 0 Å². The molecule has 0 spiro atoms. The van der Waals surface area contributed by atoms with Crippen molar-refractivity contribution in [3.05, 3.63) is 35.4 Å². The van der Waals surface area contributed by atoms with Gasteiger partial charge in [0.2, 0.25) is 11.8 Å². The summed E-state index contributed by atoms with van der Waals surface area (Å²) in [6, 6.07) is 8.64. The van der Waals surface area contributed by atoms with Crippen LogP contribution in [0.3, 0.4) is 0 Å². The Morgan fingerprint density at radius 3 is 2.41 bits per heavy atom. The van der Waals surface area contributed by atoms with Gasteiger partial charge in [-0.05, 0) is 64.3 Å². The van der Waals surface area contributed by atoms with E-state index in [1.165, 1.54) is 11.1 Å². The van der Waals surface area contributed by atoms with Gasteiger partial charge in [-0.25, -0.2) is 0 Å². The van der Waals surface area contributed by atoms with E-state index >= 15 is 0 Å². The van der Waals surface area contributed by atoms with Crippen molar-refractivity contribution in [2.45, 2.75) is 45.1 Å². The molecule has 2 amide bonds. The van der Waals surface area contributed by atoms with Crippen molar-refractivity contribution >= 4 is 11.8 Å². The maximum atomic E-state index is 12.8. The van der Waals surface area contributed by atoms with Crippen molar-refractivity contribution in [3.8, 4) is 0 Å². The summed E-state index contributed by atoms with van der Waals surface area (Å²) in [6.45, 7) is 6.28. The minimum Gasteiger partial charge on any atom is -0.351 e. The van der Waals surface area contributed by atoms with Crippen LogP contribution in [-0.2, 0) is 22.4 Å². The number of benzene rings is 1. The number of hydrogen-bond acceptors (Lipinski definition) is 3. The average molecular weight is 372 g/mol. The first-order valence-electron chi connectivity index (χ1n) is 10.0. The number of rotatable bonds is 7. The highest BCUT2D eigenvalue weighted by molar-refractivity contribution is 5.89. The van der Waals surface area contributed by atoms with Crippen LogP contribution in [0.25, 0.3) is 0 Å². The Labute approximate surface area is 163 Å². The number of nitrogens with zero attached hydrogens (tertiary/aromatic N) is 2. The van der Waals surface area contributed by atoms with Gasteiger partial charge in [-0.2, -0.15) is 0 Å². The Morgan fingerprint density at radius 1 is 1.19 bits per heavy atom. The van der Waals surface area contributed by atoms with E-state index in [2.05, 4.69) is 48.3 Å². The fourth-order valence-corrected chi connectivity index (χ4v) is 4.49. The Balaban J connectivity index is 1.50. The Morgan fingerprint density at radius 2 is 1.81 bits per heavy atom. The Bertz CT molecular complexity index is 674. The number of carbonyl (C=O) groups is 2. The largest absolute Gasteiger partial charge is 0.351 e. The molecule has 1 heterocycles. The second kappa shape index (κ2) is 8.01. The molecule has 1 fully saturated rings. The third-order valence-corrected chi connectivity index (χ3v) is 5.80. The molecule has 1 atom stereocenters. The van der Waals surface area contributed by atoms with Gasteiger partial charge in [0, 0.05) is 31.6 Å². The Hall–Kier alpha value is -1.88. The molecule has 148 valence electrons. The number of likely N-dealkylation sites (tertiary alicyclic amines) is 1. The van der Waals surface area contributed by atoms with Crippen LogP contribution in [0.5, 0.6) is 0 Å². The number of nitrogens with one attached hydrogen (secondary N) is 1. The Kier molecular flexibility index (Phi) is 5.89. The molecule has 1 aliphatic carbocycles. The first-order valence-corrected chi connectivity index (χ1v) is 10.0. The fraction of sp³-hybridized carbons (Fsp3) is 0.636. The number of fused-ring (bicyclic) bond motifs is 1.